The van der Waals surface area contributed by atoms with Gasteiger partial charge in [-0.2, -0.15) is 5.10 Å². The third kappa shape index (κ3) is 6.71. The van der Waals surface area contributed by atoms with Crippen molar-refractivity contribution in [2.24, 2.45) is 18.0 Å². The number of ether oxygens (including phenoxy) is 1. The van der Waals surface area contributed by atoms with E-state index in [0.717, 1.165) is 28.7 Å². The van der Waals surface area contributed by atoms with Gasteiger partial charge in [-0.05, 0) is 25.8 Å². The fourth-order valence-corrected chi connectivity index (χ4v) is 2.69. The average molecular weight is 485 g/mol. The number of halogens is 1. The summed E-state index contributed by atoms with van der Waals surface area (Å²) < 4.78 is 7.82. The molecule has 1 heterocycles. The third-order valence-electron chi connectivity index (χ3n) is 4.31. The number of nitrogens with one attached hydrogen (secondary N) is 2. The van der Waals surface area contributed by atoms with Crippen molar-refractivity contribution >= 4 is 29.9 Å². The van der Waals surface area contributed by atoms with Crippen molar-refractivity contribution in [2.75, 3.05) is 13.7 Å². The third-order valence-corrected chi connectivity index (χ3v) is 4.31. The van der Waals surface area contributed by atoms with Gasteiger partial charge in [0, 0.05) is 44.0 Å². The van der Waals surface area contributed by atoms with Gasteiger partial charge < -0.3 is 15.4 Å². The summed E-state index contributed by atoms with van der Waals surface area (Å²) in [5.41, 5.74) is 4.53. The predicted molar refractivity (Wildman–Crippen MR) is 122 cm³/mol. The summed E-state index contributed by atoms with van der Waals surface area (Å²) in [5, 5.41) is 11.2. The molecule has 0 aliphatic carbocycles. The Morgan fingerprint density at radius 1 is 1.19 bits per heavy atom. The molecule has 1 aromatic heterocycles. The first-order chi connectivity index (χ1) is 12.4. The number of rotatable bonds is 7. The summed E-state index contributed by atoms with van der Waals surface area (Å²) in [6, 6.07) is 8.11. The maximum absolute atomic E-state index is 5.92. The second-order valence-electron chi connectivity index (χ2n) is 6.86. The average Bonchev–Trinajstić information content (AvgIpc) is 2.86. The highest BCUT2D eigenvalue weighted by Gasteiger charge is 2.10. The quantitative estimate of drug-likeness (QED) is 0.358. The lowest BCUT2D eigenvalue weighted by molar-refractivity contribution is 0.268. The SMILES string of the molecule is CN=C(NCc1ccccc1OCC(C)C)NCc1c(C)nn(C)c1C.I. The normalized spacial score (nSPS) is 11.3. The zero-order chi connectivity index (χ0) is 19.1. The van der Waals surface area contributed by atoms with Gasteiger partial charge in [0.25, 0.3) is 0 Å². The molecule has 0 aliphatic rings. The summed E-state index contributed by atoms with van der Waals surface area (Å²) in [5.74, 6) is 2.17. The molecule has 1 aromatic carbocycles. The molecule has 0 saturated carbocycles. The first-order valence-electron chi connectivity index (χ1n) is 9.06. The van der Waals surface area contributed by atoms with Gasteiger partial charge in [-0.15, -0.1) is 24.0 Å². The molecule has 2 rings (SSSR count). The monoisotopic (exact) mass is 485 g/mol. The van der Waals surface area contributed by atoms with E-state index in [9.17, 15) is 0 Å². The van der Waals surface area contributed by atoms with Crippen LogP contribution >= 0.6 is 24.0 Å². The van der Waals surface area contributed by atoms with E-state index in [1.807, 2.05) is 36.9 Å². The Balaban J connectivity index is 0.00000364. The highest BCUT2D eigenvalue weighted by Crippen LogP contribution is 2.18. The smallest absolute Gasteiger partial charge is 0.191 e. The number of guanidine groups is 1. The Hall–Kier alpha value is -1.77. The molecule has 0 fully saturated rings. The van der Waals surface area contributed by atoms with Gasteiger partial charge in [-0.3, -0.25) is 9.67 Å². The number of nitrogens with zero attached hydrogens (tertiary/aromatic N) is 3. The first-order valence-corrected chi connectivity index (χ1v) is 9.06. The molecule has 150 valence electrons. The molecule has 0 unspecified atom stereocenters. The van der Waals surface area contributed by atoms with Gasteiger partial charge in [-0.1, -0.05) is 32.0 Å². The lowest BCUT2D eigenvalue weighted by Crippen LogP contribution is -2.36. The Morgan fingerprint density at radius 3 is 2.44 bits per heavy atom. The van der Waals surface area contributed by atoms with Gasteiger partial charge in [0.2, 0.25) is 0 Å². The molecule has 6 nitrogen and oxygen atoms in total. The Morgan fingerprint density at radius 2 is 1.85 bits per heavy atom. The van der Waals surface area contributed by atoms with E-state index in [1.165, 1.54) is 5.56 Å². The second-order valence-corrected chi connectivity index (χ2v) is 6.86. The summed E-state index contributed by atoms with van der Waals surface area (Å²) in [6.45, 7) is 10.5. The van der Waals surface area contributed by atoms with Crippen LogP contribution < -0.4 is 15.4 Å². The van der Waals surface area contributed by atoms with E-state index >= 15 is 0 Å². The molecule has 0 atom stereocenters. The summed E-state index contributed by atoms with van der Waals surface area (Å²) >= 11 is 0. The fraction of sp³-hybridized carbons (Fsp3) is 0.500. The lowest BCUT2D eigenvalue weighted by Gasteiger charge is -2.16. The van der Waals surface area contributed by atoms with Crippen molar-refractivity contribution in [3.05, 3.63) is 46.8 Å². The number of benzene rings is 1. The number of aromatic nitrogens is 2. The second kappa shape index (κ2) is 11.2. The van der Waals surface area contributed by atoms with E-state index in [-0.39, 0.29) is 24.0 Å². The molecule has 2 aromatic rings. The van der Waals surface area contributed by atoms with Crippen LogP contribution in [0.2, 0.25) is 0 Å². The van der Waals surface area contributed by atoms with E-state index in [4.69, 9.17) is 4.74 Å². The highest BCUT2D eigenvalue weighted by molar-refractivity contribution is 14.0. The molecule has 0 spiro atoms. The van der Waals surface area contributed by atoms with Gasteiger partial charge in [0.05, 0.1) is 12.3 Å². The standard InChI is InChI=1S/C20H31N5O.HI/c1-14(2)13-26-19-10-8-7-9-17(19)11-22-20(21-5)23-12-18-15(3)24-25(6)16(18)4;/h7-10,14H,11-13H2,1-6H3,(H2,21,22,23);1H. The Labute approximate surface area is 179 Å². The summed E-state index contributed by atoms with van der Waals surface area (Å²) in [4.78, 5) is 4.31. The molecule has 0 amide bonds. The van der Waals surface area contributed by atoms with Crippen LogP contribution in [-0.2, 0) is 20.1 Å². The minimum Gasteiger partial charge on any atom is -0.493 e. The van der Waals surface area contributed by atoms with Crippen LogP contribution in [-0.4, -0.2) is 29.4 Å². The zero-order valence-electron chi connectivity index (χ0n) is 17.2. The maximum atomic E-state index is 5.92. The minimum atomic E-state index is 0. The van der Waals surface area contributed by atoms with E-state index in [0.29, 0.717) is 25.6 Å². The number of aryl methyl sites for hydroxylation is 2. The van der Waals surface area contributed by atoms with Gasteiger partial charge in [-0.25, -0.2) is 0 Å². The molecular formula is C20H32IN5O. The van der Waals surface area contributed by atoms with E-state index in [2.05, 4.69) is 47.6 Å². The van der Waals surface area contributed by atoms with E-state index in [1.54, 1.807) is 7.05 Å². The maximum Gasteiger partial charge on any atom is 0.191 e. The summed E-state index contributed by atoms with van der Waals surface area (Å²) in [7, 11) is 3.74. The van der Waals surface area contributed by atoms with Crippen LogP contribution in [0.4, 0.5) is 0 Å². The molecule has 7 heteroatoms. The zero-order valence-corrected chi connectivity index (χ0v) is 19.5. The number of aliphatic imine (C=N–C) groups is 1. The number of para-hydroxylation sites is 1. The molecule has 0 radical (unpaired) electrons. The Bertz CT molecular complexity index is 755. The molecule has 2 N–H and O–H groups in total. The topological polar surface area (TPSA) is 63.5 Å². The lowest BCUT2D eigenvalue weighted by atomic mass is 10.2. The van der Waals surface area contributed by atoms with Crippen molar-refractivity contribution in [3.63, 3.8) is 0 Å². The van der Waals surface area contributed by atoms with Crippen molar-refractivity contribution < 1.29 is 4.74 Å². The van der Waals surface area contributed by atoms with Crippen LogP contribution in [0, 0.1) is 19.8 Å². The van der Waals surface area contributed by atoms with Crippen LogP contribution in [0.3, 0.4) is 0 Å². The predicted octanol–water partition coefficient (Wildman–Crippen LogP) is 3.55. The van der Waals surface area contributed by atoms with Crippen LogP contribution in [0.15, 0.2) is 29.3 Å². The number of hydrogen-bond donors (Lipinski definition) is 2. The van der Waals surface area contributed by atoms with Crippen LogP contribution in [0.5, 0.6) is 5.75 Å². The molecular weight excluding hydrogens is 453 g/mol. The fourth-order valence-electron chi connectivity index (χ4n) is 2.69. The van der Waals surface area contributed by atoms with Crippen molar-refractivity contribution in [2.45, 2.75) is 40.8 Å². The van der Waals surface area contributed by atoms with Crippen LogP contribution in [0.1, 0.15) is 36.4 Å². The molecule has 0 aliphatic heterocycles. The first kappa shape index (κ1) is 23.3. The van der Waals surface area contributed by atoms with E-state index < -0.39 is 0 Å². The molecule has 0 bridgehead atoms. The highest BCUT2D eigenvalue weighted by atomic mass is 127. The molecule has 0 saturated heterocycles. The minimum absolute atomic E-state index is 0. The number of hydrogen-bond acceptors (Lipinski definition) is 3. The van der Waals surface area contributed by atoms with Gasteiger partial charge >= 0.3 is 0 Å². The van der Waals surface area contributed by atoms with Gasteiger partial charge in [0.15, 0.2) is 5.96 Å². The van der Waals surface area contributed by atoms with Crippen molar-refractivity contribution in [1.82, 2.24) is 20.4 Å². The largest absolute Gasteiger partial charge is 0.493 e. The van der Waals surface area contributed by atoms with Crippen LogP contribution in [0.25, 0.3) is 0 Å². The summed E-state index contributed by atoms with van der Waals surface area (Å²) in [6.07, 6.45) is 0. The van der Waals surface area contributed by atoms with Crippen molar-refractivity contribution in [3.8, 4) is 5.75 Å². The van der Waals surface area contributed by atoms with Crippen molar-refractivity contribution in [1.29, 1.82) is 0 Å². The Kier molecular flexibility index (Phi) is 9.62. The van der Waals surface area contributed by atoms with Gasteiger partial charge in [0.1, 0.15) is 5.75 Å². The molecule has 27 heavy (non-hydrogen) atoms.